The summed E-state index contributed by atoms with van der Waals surface area (Å²) in [7, 11) is 0. The van der Waals surface area contributed by atoms with E-state index in [1.807, 2.05) is 48.5 Å². The average Bonchev–Trinajstić information content (AvgIpc) is 3.35. The van der Waals surface area contributed by atoms with Crippen LogP contribution in [0.3, 0.4) is 0 Å². The molecule has 0 saturated carbocycles. The first-order valence-corrected chi connectivity index (χ1v) is 6.89. The molecule has 0 saturated heterocycles. The third-order valence-electron chi connectivity index (χ3n) is 2.72. The Morgan fingerprint density at radius 2 is 0.958 bits per heavy atom. The Morgan fingerprint density at radius 3 is 1.17 bits per heavy atom. The van der Waals surface area contributed by atoms with Crippen LogP contribution in [0.5, 0.6) is 0 Å². The van der Waals surface area contributed by atoms with Gasteiger partial charge in [0.05, 0.1) is 12.4 Å². The largest absolute Gasteiger partial charge is 0.399 e. The van der Waals surface area contributed by atoms with Crippen LogP contribution in [-0.4, -0.2) is 20.7 Å². The van der Waals surface area contributed by atoms with Gasteiger partial charge in [-0.3, -0.25) is 0 Å². The molecular formula is C16H16N6O2. The molecule has 0 aliphatic carbocycles. The lowest BCUT2D eigenvalue weighted by molar-refractivity contribution is 0.392. The van der Waals surface area contributed by atoms with E-state index in [1.54, 1.807) is 0 Å². The number of hydrogen-bond donors (Lipinski definition) is 2. The van der Waals surface area contributed by atoms with Gasteiger partial charge in [-0.25, -0.2) is 0 Å². The van der Waals surface area contributed by atoms with Crippen LogP contribution in [-0.2, 0) is 0 Å². The highest BCUT2D eigenvalue weighted by molar-refractivity contribution is 5.67. The highest BCUT2D eigenvalue weighted by Gasteiger charge is 1.95. The zero-order valence-corrected chi connectivity index (χ0v) is 12.7. The van der Waals surface area contributed by atoms with E-state index in [9.17, 15) is 0 Å². The van der Waals surface area contributed by atoms with Crippen LogP contribution in [0.15, 0.2) is 82.5 Å². The molecule has 0 aliphatic heterocycles. The van der Waals surface area contributed by atoms with Crippen molar-refractivity contribution in [2.24, 2.45) is 0 Å². The average molecular weight is 324 g/mol. The number of nitrogen functional groups attached to an aromatic ring is 2. The second-order valence-corrected chi connectivity index (χ2v) is 4.42. The molecule has 8 nitrogen and oxygen atoms in total. The number of rotatable bonds is 1. The number of hydrogen-bond acceptors (Lipinski definition) is 8. The summed E-state index contributed by atoms with van der Waals surface area (Å²) in [5, 5.41) is 12.8. The molecule has 2 aromatic heterocycles. The predicted octanol–water partition coefficient (Wildman–Crippen LogP) is 2.66. The predicted molar refractivity (Wildman–Crippen MR) is 89.3 cm³/mol. The van der Waals surface area contributed by atoms with Gasteiger partial charge in [0, 0.05) is 21.9 Å². The lowest BCUT2D eigenvalue weighted by Crippen LogP contribution is -1.85. The van der Waals surface area contributed by atoms with Gasteiger partial charge in [0.1, 0.15) is 12.5 Å². The summed E-state index contributed by atoms with van der Waals surface area (Å²) in [5.74, 6) is 0. The first-order chi connectivity index (χ1) is 11.8. The van der Waals surface area contributed by atoms with Crippen molar-refractivity contribution in [3.8, 4) is 11.1 Å². The minimum atomic E-state index is 0.782. The molecule has 0 amide bonds. The molecule has 4 rings (SSSR count). The summed E-state index contributed by atoms with van der Waals surface area (Å²) in [5.41, 5.74) is 15.1. The number of anilines is 2. The van der Waals surface area contributed by atoms with Gasteiger partial charge in [0.25, 0.3) is 0 Å². The molecular weight excluding hydrogens is 308 g/mol. The van der Waals surface area contributed by atoms with Gasteiger partial charge in [0.15, 0.2) is 0 Å². The zero-order valence-electron chi connectivity index (χ0n) is 12.7. The summed E-state index contributed by atoms with van der Waals surface area (Å²) in [6.07, 6.45) is 5.75. The molecule has 4 N–H and O–H groups in total. The first-order valence-electron chi connectivity index (χ1n) is 6.89. The fraction of sp³-hybridized carbons (Fsp3) is 0. The van der Waals surface area contributed by atoms with Crippen molar-refractivity contribution < 1.29 is 9.05 Å². The Labute approximate surface area is 138 Å². The molecule has 122 valence electrons. The Morgan fingerprint density at radius 1 is 0.583 bits per heavy atom. The molecule has 0 fully saturated rings. The van der Waals surface area contributed by atoms with Gasteiger partial charge >= 0.3 is 0 Å². The van der Waals surface area contributed by atoms with Gasteiger partial charge in [-0.05, 0) is 35.4 Å². The second kappa shape index (κ2) is 9.36. The maximum atomic E-state index is 5.61. The maximum Gasteiger partial charge on any atom is 0.144 e. The van der Waals surface area contributed by atoms with Gasteiger partial charge < -0.3 is 20.5 Å². The molecule has 0 spiro atoms. The molecule has 0 unspecified atom stereocenters. The Kier molecular flexibility index (Phi) is 6.51. The lowest BCUT2D eigenvalue weighted by Gasteiger charge is -2.02. The van der Waals surface area contributed by atoms with Crippen molar-refractivity contribution in [2.75, 3.05) is 11.5 Å². The summed E-state index contributed by atoms with van der Waals surface area (Å²) < 4.78 is 8.44. The van der Waals surface area contributed by atoms with E-state index in [0.717, 1.165) is 22.5 Å². The summed E-state index contributed by atoms with van der Waals surface area (Å²) in [4.78, 5) is 0. The fourth-order valence-electron chi connectivity index (χ4n) is 1.62. The maximum absolute atomic E-state index is 5.61. The molecule has 0 aliphatic rings. The van der Waals surface area contributed by atoms with Crippen LogP contribution < -0.4 is 11.5 Å². The quantitative estimate of drug-likeness (QED) is 0.511. The standard InChI is InChI=1S/C12H12N2.2C2H2N2O/c13-11-5-1-9(2-6-11)10-3-7-12(14)8-4-10;2*1-2-5-4-3-1/h1-8H,13-14H2;2*1-2H. The highest BCUT2D eigenvalue weighted by Crippen LogP contribution is 2.21. The third kappa shape index (κ3) is 5.98. The van der Waals surface area contributed by atoms with E-state index >= 15 is 0 Å². The number of nitrogens with two attached hydrogens (primary N) is 2. The normalized spacial score (nSPS) is 9.17. The lowest BCUT2D eigenvalue weighted by atomic mass is 10.1. The van der Waals surface area contributed by atoms with Gasteiger partial charge in [-0.1, -0.05) is 24.3 Å². The van der Waals surface area contributed by atoms with Crippen LogP contribution in [0, 0.1) is 0 Å². The minimum absolute atomic E-state index is 0.782. The van der Waals surface area contributed by atoms with Crippen molar-refractivity contribution in [3.05, 3.63) is 73.5 Å². The monoisotopic (exact) mass is 324 g/mol. The van der Waals surface area contributed by atoms with Crippen molar-refractivity contribution in [2.45, 2.75) is 0 Å². The number of nitrogens with zero attached hydrogens (tertiary/aromatic N) is 4. The molecule has 8 heteroatoms. The summed E-state index contributed by atoms with van der Waals surface area (Å²) in [6.45, 7) is 0. The Balaban J connectivity index is 0.000000169. The summed E-state index contributed by atoms with van der Waals surface area (Å²) in [6, 6.07) is 15.6. The molecule has 0 radical (unpaired) electrons. The topological polar surface area (TPSA) is 130 Å². The molecule has 0 atom stereocenters. The Hall–Kier alpha value is -3.68. The second-order valence-electron chi connectivity index (χ2n) is 4.42. The van der Waals surface area contributed by atoms with Crippen LogP contribution in [0.25, 0.3) is 11.1 Å². The molecule has 2 aromatic carbocycles. The molecule has 2 heterocycles. The van der Waals surface area contributed by atoms with E-state index in [2.05, 4.69) is 29.8 Å². The third-order valence-corrected chi connectivity index (χ3v) is 2.72. The van der Waals surface area contributed by atoms with Crippen LogP contribution in [0.2, 0.25) is 0 Å². The van der Waals surface area contributed by atoms with Gasteiger partial charge in [-0.15, -0.1) is 10.2 Å². The first kappa shape index (κ1) is 16.7. The van der Waals surface area contributed by atoms with E-state index in [0.29, 0.717) is 0 Å². The van der Waals surface area contributed by atoms with Crippen molar-refractivity contribution in [1.82, 2.24) is 20.7 Å². The molecule has 24 heavy (non-hydrogen) atoms. The molecule has 4 aromatic rings. The van der Waals surface area contributed by atoms with Crippen LogP contribution >= 0.6 is 0 Å². The zero-order chi connectivity index (χ0) is 17.0. The van der Waals surface area contributed by atoms with E-state index in [1.165, 1.54) is 24.9 Å². The highest BCUT2D eigenvalue weighted by atomic mass is 16.5. The van der Waals surface area contributed by atoms with Crippen molar-refractivity contribution in [1.29, 1.82) is 0 Å². The fourth-order valence-corrected chi connectivity index (χ4v) is 1.62. The minimum Gasteiger partial charge on any atom is -0.399 e. The van der Waals surface area contributed by atoms with E-state index in [4.69, 9.17) is 11.5 Å². The molecule has 0 bridgehead atoms. The smallest absolute Gasteiger partial charge is 0.144 e. The van der Waals surface area contributed by atoms with Crippen LogP contribution in [0.1, 0.15) is 0 Å². The van der Waals surface area contributed by atoms with E-state index < -0.39 is 0 Å². The number of benzene rings is 2. The SMILES string of the molecule is Nc1ccc(-c2ccc(N)cc2)cc1.c1conn1.c1conn1. The van der Waals surface area contributed by atoms with Gasteiger partial charge in [0.2, 0.25) is 0 Å². The van der Waals surface area contributed by atoms with Crippen molar-refractivity contribution in [3.63, 3.8) is 0 Å². The number of aromatic nitrogens is 4. The summed E-state index contributed by atoms with van der Waals surface area (Å²) >= 11 is 0. The van der Waals surface area contributed by atoms with Crippen LogP contribution in [0.4, 0.5) is 11.4 Å². The van der Waals surface area contributed by atoms with Crippen molar-refractivity contribution >= 4 is 11.4 Å². The van der Waals surface area contributed by atoms with E-state index in [-0.39, 0.29) is 0 Å². The Bertz CT molecular complexity index is 664. The van der Waals surface area contributed by atoms with Gasteiger partial charge in [-0.2, -0.15) is 0 Å².